The smallest absolute Gasteiger partial charge is 0.353 e. The van der Waals surface area contributed by atoms with Gasteiger partial charge in [0.25, 0.3) is 0 Å². The quantitative estimate of drug-likeness (QED) is 0.421. The summed E-state index contributed by atoms with van der Waals surface area (Å²) in [5.74, 6) is 0.693. The van der Waals surface area contributed by atoms with Crippen molar-refractivity contribution in [2.45, 2.75) is 6.92 Å². The van der Waals surface area contributed by atoms with E-state index < -0.39 is 4.92 Å². The van der Waals surface area contributed by atoms with Crippen molar-refractivity contribution in [3.63, 3.8) is 0 Å². The number of aromatic nitrogens is 2. The van der Waals surface area contributed by atoms with Crippen molar-refractivity contribution in [1.29, 1.82) is 0 Å². The number of ether oxygens (including phenoxy) is 1. The lowest BCUT2D eigenvalue weighted by molar-refractivity contribution is -0.383. The molecule has 0 aliphatic heterocycles. The Hall–Kier alpha value is -3.20. The number of hydrogen-bond donors (Lipinski definition) is 2. The molecule has 1 heterocycles. The number of para-hydroxylation sites is 1. The molecule has 27 heavy (non-hydrogen) atoms. The minimum absolute atomic E-state index is 0.0634. The van der Waals surface area contributed by atoms with Crippen LogP contribution in [0.4, 0.5) is 28.7 Å². The minimum atomic E-state index is -0.524. The van der Waals surface area contributed by atoms with Gasteiger partial charge in [-0.2, -0.15) is 0 Å². The highest BCUT2D eigenvalue weighted by Crippen LogP contribution is 2.36. The van der Waals surface area contributed by atoms with Gasteiger partial charge in [-0.15, -0.1) is 0 Å². The molecule has 2 N–H and O–H groups in total. The zero-order valence-electron chi connectivity index (χ0n) is 14.6. The van der Waals surface area contributed by atoms with Gasteiger partial charge in [0.05, 0.1) is 23.4 Å². The van der Waals surface area contributed by atoms with E-state index in [1.54, 1.807) is 12.1 Å². The molecule has 3 rings (SSSR count). The molecule has 0 saturated carbocycles. The normalized spacial score (nSPS) is 10.3. The number of rotatable bonds is 6. The van der Waals surface area contributed by atoms with E-state index in [2.05, 4.69) is 36.5 Å². The molecule has 138 valence electrons. The standard InChI is InChI=1S/C18H16BrN5O3/c1-11-7-8-15(27-2)14(9-11)23-18-16(24(25)26)17(20-10-21-18)22-13-6-4-3-5-12(13)19/h3-10H,1-2H3,(H2,20,21,22,23). The van der Waals surface area contributed by atoms with E-state index in [0.717, 1.165) is 10.0 Å². The summed E-state index contributed by atoms with van der Waals surface area (Å²) in [4.78, 5) is 19.3. The third kappa shape index (κ3) is 4.14. The first-order chi connectivity index (χ1) is 13.0. The summed E-state index contributed by atoms with van der Waals surface area (Å²) in [6.45, 7) is 1.92. The fourth-order valence-electron chi connectivity index (χ4n) is 2.47. The van der Waals surface area contributed by atoms with Crippen molar-refractivity contribution in [3.05, 3.63) is 68.9 Å². The summed E-state index contributed by atoms with van der Waals surface area (Å²) in [5, 5.41) is 17.7. The first kappa shape index (κ1) is 18.6. The average molecular weight is 430 g/mol. The maximum absolute atomic E-state index is 11.7. The molecular weight excluding hydrogens is 414 g/mol. The highest BCUT2D eigenvalue weighted by atomic mass is 79.9. The molecule has 0 saturated heterocycles. The Balaban J connectivity index is 2.03. The van der Waals surface area contributed by atoms with Crippen molar-refractivity contribution in [1.82, 2.24) is 9.97 Å². The van der Waals surface area contributed by atoms with Crippen LogP contribution in [0.15, 0.2) is 53.3 Å². The summed E-state index contributed by atoms with van der Waals surface area (Å²) in [5.41, 5.74) is 1.93. The SMILES string of the molecule is COc1ccc(C)cc1Nc1ncnc(Nc2ccccc2Br)c1[N+](=O)[O-]. The van der Waals surface area contributed by atoms with E-state index in [-0.39, 0.29) is 17.3 Å². The van der Waals surface area contributed by atoms with Crippen molar-refractivity contribution < 1.29 is 9.66 Å². The number of nitro groups is 1. The number of anilines is 4. The van der Waals surface area contributed by atoms with Crippen molar-refractivity contribution in [2.75, 3.05) is 17.7 Å². The molecule has 2 aromatic carbocycles. The van der Waals surface area contributed by atoms with Crippen LogP contribution in [0.1, 0.15) is 5.56 Å². The van der Waals surface area contributed by atoms with Gasteiger partial charge in [-0.1, -0.05) is 18.2 Å². The highest BCUT2D eigenvalue weighted by molar-refractivity contribution is 9.10. The van der Waals surface area contributed by atoms with E-state index in [1.165, 1.54) is 13.4 Å². The van der Waals surface area contributed by atoms with E-state index >= 15 is 0 Å². The van der Waals surface area contributed by atoms with Crippen LogP contribution in [0, 0.1) is 17.0 Å². The van der Waals surface area contributed by atoms with E-state index in [9.17, 15) is 10.1 Å². The second-order valence-corrected chi connectivity index (χ2v) is 6.46. The van der Waals surface area contributed by atoms with Crippen LogP contribution in [-0.2, 0) is 0 Å². The summed E-state index contributed by atoms with van der Waals surface area (Å²) in [6, 6.07) is 12.8. The Morgan fingerprint density at radius 3 is 2.37 bits per heavy atom. The predicted octanol–water partition coefficient (Wildman–Crippen LogP) is 4.95. The van der Waals surface area contributed by atoms with Gasteiger partial charge < -0.3 is 15.4 Å². The van der Waals surface area contributed by atoms with Gasteiger partial charge in [-0.05, 0) is 52.7 Å². The second kappa shape index (κ2) is 8.00. The molecule has 0 aliphatic carbocycles. The number of benzene rings is 2. The second-order valence-electron chi connectivity index (χ2n) is 5.61. The van der Waals surface area contributed by atoms with E-state index in [1.807, 2.05) is 37.3 Å². The average Bonchev–Trinajstić information content (AvgIpc) is 2.64. The Bertz CT molecular complexity index is 996. The number of nitrogens with one attached hydrogen (secondary N) is 2. The number of methoxy groups -OCH3 is 1. The molecule has 0 aliphatic rings. The van der Waals surface area contributed by atoms with Gasteiger partial charge in [0, 0.05) is 4.47 Å². The fourth-order valence-corrected chi connectivity index (χ4v) is 2.86. The maximum Gasteiger partial charge on any atom is 0.353 e. The fraction of sp³-hybridized carbons (Fsp3) is 0.111. The van der Waals surface area contributed by atoms with Crippen LogP contribution in [-0.4, -0.2) is 22.0 Å². The lowest BCUT2D eigenvalue weighted by Gasteiger charge is -2.13. The van der Waals surface area contributed by atoms with Crippen molar-refractivity contribution in [2.24, 2.45) is 0 Å². The lowest BCUT2D eigenvalue weighted by Crippen LogP contribution is -2.06. The number of halogens is 1. The molecule has 0 spiro atoms. The number of nitrogens with zero attached hydrogens (tertiary/aromatic N) is 3. The molecule has 0 radical (unpaired) electrons. The van der Waals surface area contributed by atoms with Crippen LogP contribution in [0.25, 0.3) is 0 Å². The Morgan fingerprint density at radius 2 is 1.74 bits per heavy atom. The Morgan fingerprint density at radius 1 is 1.07 bits per heavy atom. The lowest BCUT2D eigenvalue weighted by atomic mass is 10.2. The van der Waals surface area contributed by atoms with E-state index in [4.69, 9.17) is 4.74 Å². The zero-order chi connectivity index (χ0) is 19.4. The molecule has 0 bridgehead atoms. The monoisotopic (exact) mass is 429 g/mol. The van der Waals surface area contributed by atoms with Gasteiger partial charge >= 0.3 is 5.69 Å². The topological polar surface area (TPSA) is 102 Å². The predicted molar refractivity (Wildman–Crippen MR) is 107 cm³/mol. The first-order valence-corrected chi connectivity index (χ1v) is 8.71. The molecule has 0 atom stereocenters. The summed E-state index contributed by atoms with van der Waals surface area (Å²) >= 11 is 3.41. The summed E-state index contributed by atoms with van der Waals surface area (Å²) < 4.78 is 6.07. The molecule has 8 nitrogen and oxygen atoms in total. The van der Waals surface area contributed by atoms with Gasteiger partial charge in [-0.25, -0.2) is 9.97 Å². The largest absolute Gasteiger partial charge is 0.495 e. The van der Waals surface area contributed by atoms with E-state index in [0.29, 0.717) is 17.1 Å². The third-order valence-corrected chi connectivity index (χ3v) is 4.43. The van der Waals surface area contributed by atoms with Crippen LogP contribution < -0.4 is 15.4 Å². The number of aryl methyl sites for hydroxylation is 1. The molecule has 0 unspecified atom stereocenters. The highest BCUT2D eigenvalue weighted by Gasteiger charge is 2.24. The zero-order valence-corrected chi connectivity index (χ0v) is 16.1. The Kier molecular flexibility index (Phi) is 5.51. The van der Waals surface area contributed by atoms with Crippen molar-refractivity contribution >= 4 is 44.6 Å². The molecule has 3 aromatic rings. The van der Waals surface area contributed by atoms with Gasteiger partial charge in [0.15, 0.2) is 0 Å². The molecule has 0 amide bonds. The van der Waals surface area contributed by atoms with Gasteiger partial charge in [-0.3, -0.25) is 10.1 Å². The first-order valence-electron chi connectivity index (χ1n) is 7.92. The minimum Gasteiger partial charge on any atom is -0.495 e. The third-order valence-electron chi connectivity index (χ3n) is 3.74. The molecule has 1 aromatic heterocycles. The molecule has 0 fully saturated rings. The molecular formula is C18H16BrN5O3. The van der Waals surface area contributed by atoms with Crippen LogP contribution in [0.2, 0.25) is 0 Å². The van der Waals surface area contributed by atoms with Crippen LogP contribution >= 0.6 is 15.9 Å². The van der Waals surface area contributed by atoms with Gasteiger partial charge in [0.2, 0.25) is 11.6 Å². The van der Waals surface area contributed by atoms with Crippen LogP contribution in [0.5, 0.6) is 5.75 Å². The number of hydrogen-bond acceptors (Lipinski definition) is 7. The Labute approximate surface area is 163 Å². The van der Waals surface area contributed by atoms with Crippen LogP contribution in [0.3, 0.4) is 0 Å². The molecule has 9 heteroatoms. The summed E-state index contributed by atoms with van der Waals surface area (Å²) in [6.07, 6.45) is 1.26. The maximum atomic E-state index is 11.7. The summed E-state index contributed by atoms with van der Waals surface area (Å²) in [7, 11) is 1.53. The van der Waals surface area contributed by atoms with Crippen molar-refractivity contribution in [3.8, 4) is 5.75 Å². The van der Waals surface area contributed by atoms with Gasteiger partial charge in [0.1, 0.15) is 12.1 Å².